The molecule has 1 N–H and O–H groups in total. The Bertz CT molecular complexity index is 1610. The van der Waals surface area contributed by atoms with Crippen LogP contribution in [0.1, 0.15) is 16.8 Å². The van der Waals surface area contributed by atoms with Crippen LogP contribution in [0.3, 0.4) is 0 Å². The predicted molar refractivity (Wildman–Crippen MR) is 121 cm³/mol. The molecule has 0 aliphatic rings. The van der Waals surface area contributed by atoms with E-state index in [2.05, 4.69) is 30.6 Å². The molecule has 5 rings (SSSR count). The van der Waals surface area contributed by atoms with Gasteiger partial charge in [0.1, 0.15) is 30.0 Å². The minimum Gasteiger partial charge on any atom is -0.377 e. The van der Waals surface area contributed by atoms with Crippen LogP contribution in [0.25, 0.3) is 5.69 Å². The number of halogens is 4. The summed E-state index contributed by atoms with van der Waals surface area (Å²) >= 11 is 0. The van der Waals surface area contributed by atoms with Crippen molar-refractivity contribution in [2.75, 3.05) is 0 Å². The van der Waals surface area contributed by atoms with E-state index in [0.717, 1.165) is 44.2 Å². The van der Waals surface area contributed by atoms with Gasteiger partial charge in [-0.05, 0) is 46.3 Å². The maximum absolute atomic E-state index is 15.9. The zero-order valence-electron chi connectivity index (χ0n) is 19.2. The molecule has 0 saturated carbocycles. The van der Waals surface area contributed by atoms with Crippen LogP contribution < -0.4 is 5.69 Å². The summed E-state index contributed by atoms with van der Waals surface area (Å²) < 4.78 is 62.9. The summed E-state index contributed by atoms with van der Waals surface area (Å²) in [7, 11) is 0. The van der Waals surface area contributed by atoms with Crippen LogP contribution in [0.5, 0.6) is 0 Å². The number of aromatic nitrogens is 9. The highest BCUT2D eigenvalue weighted by Gasteiger charge is 2.58. The maximum atomic E-state index is 15.9. The molecule has 0 spiro atoms. The Morgan fingerprint density at radius 1 is 1.03 bits per heavy atom. The minimum absolute atomic E-state index is 0.115. The van der Waals surface area contributed by atoms with Crippen LogP contribution in [0.4, 0.5) is 17.6 Å². The molecule has 0 aliphatic carbocycles. The predicted octanol–water partition coefficient (Wildman–Crippen LogP) is 1.82. The fourth-order valence-corrected chi connectivity index (χ4v) is 3.88. The molecule has 38 heavy (non-hydrogen) atoms. The Labute approximate surface area is 210 Å². The normalized spacial score (nSPS) is 13.4. The van der Waals surface area contributed by atoms with Gasteiger partial charge in [-0.3, -0.25) is 9.97 Å². The fraction of sp³-hybridized carbons (Fsp3) is 0.174. The molecule has 4 aromatic heterocycles. The summed E-state index contributed by atoms with van der Waals surface area (Å²) in [5.41, 5.74) is -4.83. The first-order chi connectivity index (χ1) is 18.2. The first-order valence-corrected chi connectivity index (χ1v) is 11.0. The number of pyridine rings is 2. The first-order valence-electron chi connectivity index (χ1n) is 11.0. The number of nitrogens with zero attached hydrogens (tertiary/aromatic N) is 9. The SMILES string of the molecule is O=c1n(-c2ccc(C(F)(F)C(O)(Cn3cnnn3)c3ccc(F)cc3F)nc2)cnn1Cc1cccnc1. The Morgan fingerprint density at radius 2 is 1.87 bits per heavy atom. The molecular formula is C23H17F4N9O2. The van der Waals surface area contributed by atoms with E-state index in [-0.39, 0.29) is 12.2 Å². The number of hydrogen-bond donors (Lipinski definition) is 1. The highest BCUT2D eigenvalue weighted by molar-refractivity contribution is 5.34. The average molecular weight is 527 g/mol. The van der Waals surface area contributed by atoms with Gasteiger partial charge in [-0.2, -0.15) is 13.9 Å². The van der Waals surface area contributed by atoms with E-state index in [0.29, 0.717) is 12.1 Å². The van der Waals surface area contributed by atoms with E-state index in [1.54, 1.807) is 24.5 Å². The summed E-state index contributed by atoms with van der Waals surface area (Å²) in [6, 6.07) is 7.36. The van der Waals surface area contributed by atoms with Gasteiger partial charge in [-0.25, -0.2) is 27.5 Å². The van der Waals surface area contributed by atoms with Crippen molar-refractivity contribution >= 4 is 0 Å². The second-order valence-corrected chi connectivity index (χ2v) is 8.27. The smallest absolute Gasteiger partial charge is 0.350 e. The third kappa shape index (κ3) is 4.43. The van der Waals surface area contributed by atoms with Gasteiger partial charge < -0.3 is 5.11 Å². The van der Waals surface area contributed by atoms with Crippen molar-refractivity contribution < 1.29 is 22.7 Å². The molecule has 0 aliphatic heterocycles. The fourth-order valence-electron chi connectivity index (χ4n) is 3.88. The average Bonchev–Trinajstić information content (AvgIpc) is 3.54. The van der Waals surface area contributed by atoms with E-state index in [1.807, 2.05) is 0 Å². The van der Waals surface area contributed by atoms with Crippen molar-refractivity contribution in [1.82, 2.24) is 44.5 Å². The van der Waals surface area contributed by atoms with Crippen molar-refractivity contribution in [2.45, 2.75) is 24.6 Å². The largest absolute Gasteiger partial charge is 0.377 e. The van der Waals surface area contributed by atoms with Gasteiger partial charge in [0.25, 0.3) is 0 Å². The molecule has 1 atom stereocenters. The first kappa shape index (κ1) is 24.9. The Balaban J connectivity index is 1.49. The molecule has 0 fully saturated rings. The number of hydrogen-bond acceptors (Lipinski definition) is 8. The molecular weight excluding hydrogens is 510 g/mol. The molecule has 0 amide bonds. The Kier molecular flexibility index (Phi) is 6.28. The zero-order valence-corrected chi connectivity index (χ0v) is 19.2. The van der Waals surface area contributed by atoms with Gasteiger partial charge in [0.2, 0.25) is 0 Å². The molecule has 11 nitrogen and oxygen atoms in total. The summed E-state index contributed by atoms with van der Waals surface area (Å²) in [5.74, 6) is -6.65. The topological polar surface area (TPSA) is 129 Å². The molecule has 4 heterocycles. The standard InChI is InChI=1S/C23H17F4N9O2/c24-16-3-5-18(19(25)8-16)22(38,12-34-13-30-32-33-34)23(26,27)20-6-4-17(10-29-20)35-14-31-36(21(35)37)11-15-2-1-7-28-9-15/h1-10,13-14,38H,11-12H2. The molecule has 0 bridgehead atoms. The second kappa shape index (κ2) is 9.59. The van der Waals surface area contributed by atoms with Crippen LogP contribution in [0, 0.1) is 11.6 Å². The van der Waals surface area contributed by atoms with E-state index in [4.69, 9.17) is 0 Å². The molecule has 15 heteroatoms. The van der Waals surface area contributed by atoms with Crippen molar-refractivity contribution in [1.29, 1.82) is 0 Å². The van der Waals surface area contributed by atoms with Crippen LogP contribution in [0.15, 0.2) is 78.5 Å². The maximum Gasteiger partial charge on any atom is 0.350 e. The summed E-state index contributed by atoms with van der Waals surface area (Å²) in [4.78, 5) is 20.5. The lowest BCUT2D eigenvalue weighted by Gasteiger charge is -2.35. The molecule has 5 aromatic rings. The number of rotatable bonds is 8. The number of benzene rings is 1. The minimum atomic E-state index is -4.23. The van der Waals surface area contributed by atoms with Gasteiger partial charge in [-0.1, -0.05) is 6.07 Å². The number of alkyl halides is 2. The lowest BCUT2D eigenvalue weighted by Crippen LogP contribution is -2.48. The zero-order chi connectivity index (χ0) is 26.9. The Morgan fingerprint density at radius 3 is 2.53 bits per heavy atom. The highest BCUT2D eigenvalue weighted by Crippen LogP contribution is 2.46. The lowest BCUT2D eigenvalue weighted by atomic mass is 9.84. The van der Waals surface area contributed by atoms with Crippen LogP contribution >= 0.6 is 0 Å². The number of aliphatic hydroxyl groups is 1. The van der Waals surface area contributed by atoms with E-state index in [9.17, 15) is 18.7 Å². The van der Waals surface area contributed by atoms with E-state index in [1.165, 1.54) is 12.4 Å². The van der Waals surface area contributed by atoms with Crippen LogP contribution in [-0.4, -0.2) is 49.6 Å². The van der Waals surface area contributed by atoms with Gasteiger partial charge in [0, 0.05) is 24.0 Å². The molecule has 0 radical (unpaired) electrons. The summed E-state index contributed by atoms with van der Waals surface area (Å²) in [6.45, 7) is -0.851. The quantitative estimate of drug-likeness (QED) is 0.303. The summed E-state index contributed by atoms with van der Waals surface area (Å²) in [6.07, 6.45) is 6.30. The van der Waals surface area contributed by atoms with E-state index < -0.39 is 46.6 Å². The van der Waals surface area contributed by atoms with Crippen molar-refractivity contribution in [3.63, 3.8) is 0 Å². The van der Waals surface area contributed by atoms with Crippen molar-refractivity contribution in [3.8, 4) is 5.69 Å². The van der Waals surface area contributed by atoms with Gasteiger partial charge in [-0.15, -0.1) is 5.10 Å². The number of tetrazole rings is 1. The van der Waals surface area contributed by atoms with Crippen LogP contribution in [-0.2, 0) is 24.6 Å². The van der Waals surface area contributed by atoms with Crippen LogP contribution in [0.2, 0.25) is 0 Å². The third-order valence-corrected chi connectivity index (χ3v) is 5.81. The molecule has 1 unspecified atom stereocenters. The Hall–Kier alpha value is -4.79. The van der Waals surface area contributed by atoms with Crippen molar-refractivity contribution in [2.24, 2.45) is 0 Å². The van der Waals surface area contributed by atoms with Gasteiger partial charge in [0.05, 0.1) is 25.0 Å². The van der Waals surface area contributed by atoms with Gasteiger partial charge in [0.15, 0.2) is 5.60 Å². The lowest BCUT2D eigenvalue weighted by molar-refractivity contribution is -0.207. The van der Waals surface area contributed by atoms with E-state index >= 15 is 8.78 Å². The second-order valence-electron chi connectivity index (χ2n) is 8.27. The highest BCUT2D eigenvalue weighted by atomic mass is 19.3. The third-order valence-electron chi connectivity index (χ3n) is 5.81. The monoisotopic (exact) mass is 527 g/mol. The molecule has 194 valence electrons. The summed E-state index contributed by atoms with van der Waals surface area (Å²) in [5, 5.41) is 25.4. The molecule has 1 aromatic carbocycles. The molecule has 0 saturated heterocycles. The van der Waals surface area contributed by atoms with Crippen molar-refractivity contribution in [3.05, 3.63) is 113 Å². The van der Waals surface area contributed by atoms with Gasteiger partial charge >= 0.3 is 11.6 Å².